The molecule has 1 aromatic heterocycles. The fraction of sp³-hybridized carbons (Fsp3) is 0.259. The van der Waals surface area contributed by atoms with E-state index in [4.69, 9.17) is 4.74 Å². The molecule has 0 amide bonds. The van der Waals surface area contributed by atoms with Crippen molar-refractivity contribution < 1.29 is 9.13 Å². The van der Waals surface area contributed by atoms with Gasteiger partial charge in [0.1, 0.15) is 11.6 Å². The highest BCUT2D eigenvalue weighted by Crippen LogP contribution is 2.32. The number of para-hydroxylation sites is 1. The molecule has 6 heteroatoms. The second-order valence-corrected chi connectivity index (χ2v) is 9.73. The SMILES string of the molecule is CCOc1ccc(-c2nnc(SCc3ccc(C(C)(C)C)cc3)n2-c2ccccc2F)cc1. The Balaban J connectivity index is 1.66. The minimum atomic E-state index is -0.319. The lowest BCUT2D eigenvalue weighted by molar-refractivity contribution is 0.340. The van der Waals surface area contributed by atoms with Gasteiger partial charge in [-0.3, -0.25) is 4.57 Å². The predicted molar refractivity (Wildman–Crippen MR) is 133 cm³/mol. The van der Waals surface area contributed by atoms with Crippen molar-refractivity contribution in [2.45, 2.75) is 44.0 Å². The van der Waals surface area contributed by atoms with Crippen LogP contribution >= 0.6 is 11.8 Å². The number of thioether (sulfide) groups is 1. The molecule has 0 bridgehead atoms. The normalized spacial score (nSPS) is 11.5. The molecule has 4 rings (SSSR count). The molecular weight excluding hydrogens is 433 g/mol. The van der Waals surface area contributed by atoms with E-state index in [-0.39, 0.29) is 11.2 Å². The highest BCUT2D eigenvalue weighted by Gasteiger charge is 2.19. The summed E-state index contributed by atoms with van der Waals surface area (Å²) in [5.41, 5.74) is 3.86. The van der Waals surface area contributed by atoms with Gasteiger partial charge in [0.25, 0.3) is 0 Å². The molecule has 4 nitrogen and oxygen atoms in total. The second-order valence-electron chi connectivity index (χ2n) is 8.79. The van der Waals surface area contributed by atoms with Crippen LogP contribution in [0.5, 0.6) is 5.75 Å². The first-order valence-corrected chi connectivity index (χ1v) is 12.0. The average molecular weight is 462 g/mol. The minimum absolute atomic E-state index is 0.114. The van der Waals surface area contributed by atoms with Gasteiger partial charge in [-0.2, -0.15) is 0 Å². The summed E-state index contributed by atoms with van der Waals surface area (Å²) in [7, 11) is 0. The Bertz CT molecular complexity index is 1210. The molecule has 0 aliphatic carbocycles. The summed E-state index contributed by atoms with van der Waals surface area (Å²) < 4.78 is 22.1. The highest BCUT2D eigenvalue weighted by atomic mass is 32.2. The van der Waals surface area contributed by atoms with Crippen LogP contribution in [-0.2, 0) is 11.2 Å². The number of halogens is 1. The van der Waals surface area contributed by atoms with Crippen LogP contribution in [0.25, 0.3) is 17.1 Å². The Morgan fingerprint density at radius 2 is 1.61 bits per heavy atom. The first-order valence-electron chi connectivity index (χ1n) is 11.0. The van der Waals surface area contributed by atoms with Gasteiger partial charge in [-0.25, -0.2) is 4.39 Å². The third-order valence-electron chi connectivity index (χ3n) is 5.34. The molecule has 0 spiro atoms. The summed E-state index contributed by atoms with van der Waals surface area (Å²) in [5.74, 6) is 1.77. The standard InChI is InChI=1S/C27H28FN3OS/c1-5-32-22-16-12-20(13-17-22)25-29-30-26(31(25)24-9-7-6-8-23(24)28)33-18-19-10-14-21(15-11-19)27(2,3)4/h6-17H,5,18H2,1-4H3. The number of aromatic nitrogens is 3. The lowest BCUT2D eigenvalue weighted by Gasteiger charge is -2.19. The van der Waals surface area contributed by atoms with Gasteiger partial charge in [0.05, 0.1) is 12.3 Å². The number of rotatable bonds is 7. The molecule has 0 aliphatic rings. The summed E-state index contributed by atoms with van der Waals surface area (Å²) in [6.45, 7) is 9.16. The zero-order valence-corrected chi connectivity index (χ0v) is 20.2. The summed E-state index contributed by atoms with van der Waals surface area (Å²) in [6, 6.07) is 23.0. The summed E-state index contributed by atoms with van der Waals surface area (Å²) in [6.07, 6.45) is 0. The fourth-order valence-corrected chi connectivity index (χ4v) is 4.42. The van der Waals surface area contributed by atoms with E-state index in [0.717, 1.165) is 11.3 Å². The van der Waals surface area contributed by atoms with Crippen LogP contribution in [-0.4, -0.2) is 21.4 Å². The van der Waals surface area contributed by atoms with Gasteiger partial charge in [0.2, 0.25) is 0 Å². The van der Waals surface area contributed by atoms with Crippen molar-refractivity contribution >= 4 is 11.8 Å². The third kappa shape index (κ3) is 5.28. The zero-order valence-electron chi connectivity index (χ0n) is 19.4. The van der Waals surface area contributed by atoms with Crippen molar-refractivity contribution in [3.05, 3.63) is 89.7 Å². The molecule has 4 aromatic rings. The van der Waals surface area contributed by atoms with E-state index in [1.54, 1.807) is 28.5 Å². The van der Waals surface area contributed by atoms with Crippen molar-refractivity contribution in [3.8, 4) is 22.8 Å². The molecule has 0 radical (unpaired) electrons. The number of hydrogen-bond acceptors (Lipinski definition) is 4. The van der Waals surface area contributed by atoms with Gasteiger partial charge in [0, 0.05) is 11.3 Å². The van der Waals surface area contributed by atoms with Gasteiger partial charge >= 0.3 is 0 Å². The molecule has 0 fully saturated rings. The van der Waals surface area contributed by atoms with E-state index in [2.05, 4.69) is 55.2 Å². The van der Waals surface area contributed by atoms with Crippen LogP contribution in [0.4, 0.5) is 4.39 Å². The molecule has 0 atom stereocenters. The second kappa shape index (κ2) is 9.79. The molecule has 3 aromatic carbocycles. The molecule has 0 N–H and O–H groups in total. The maximum Gasteiger partial charge on any atom is 0.196 e. The van der Waals surface area contributed by atoms with E-state index in [1.807, 2.05) is 37.3 Å². The van der Waals surface area contributed by atoms with Crippen LogP contribution in [0.2, 0.25) is 0 Å². The highest BCUT2D eigenvalue weighted by molar-refractivity contribution is 7.98. The van der Waals surface area contributed by atoms with Crippen molar-refractivity contribution in [1.29, 1.82) is 0 Å². The number of ether oxygens (including phenoxy) is 1. The number of hydrogen-bond donors (Lipinski definition) is 0. The smallest absolute Gasteiger partial charge is 0.196 e. The molecule has 0 unspecified atom stereocenters. The number of benzene rings is 3. The van der Waals surface area contributed by atoms with E-state index >= 15 is 0 Å². The van der Waals surface area contributed by atoms with Crippen molar-refractivity contribution in [2.24, 2.45) is 0 Å². The Hall–Kier alpha value is -3.12. The number of nitrogens with zero attached hydrogens (tertiary/aromatic N) is 3. The largest absolute Gasteiger partial charge is 0.494 e. The molecule has 0 saturated carbocycles. The van der Waals surface area contributed by atoms with E-state index < -0.39 is 0 Å². The summed E-state index contributed by atoms with van der Waals surface area (Å²) in [4.78, 5) is 0. The Morgan fingerprint density at radius 1 is 0.909 bits per heavy atom. The van der Waals surface area contributed by atoms with Crippen molar-refractivity contribution in [1.82, 2.24) is 14.8 Å². The lowest BCUT2D eigenvalue weighted by atomic mass is 9.87. The molecule has 170 valence electrons. The quantitative estimate of drug-likeness (QED) is 0.276. The van der Waals surface area contributed by atoms with E-state index in [9.17, 15) is 4.39 Å². The van der Waals surface area contributed by atoms with Crippen LogP contribution in [0, 0.1) is 5.82 Å². The average Bonchev–Trinajstić information content (AvgIpc) is 3.22. The first-order chi connectivity index (χ1) is 15.9. The van der Waals surface area contributed by atoms with Gasteiger partial charge in [0.15, 0.2) is 11.0 Å². The Labute approximate surface area is 198 Å². The molecule has 33 heavy (non-hydrogen) atoms. The molecule has 0 saturated heterocycles. The van der Waals surface area contributed by atoms with E-state index in [0.29, 0.717) is 29.0 Å². The molecular formula is C27H28FN3OS. The summed E-state index contributed by atoms with van der Waals surface area (Å²) >= 11 is 1.54. The maximum atomic E-state index is 14.8. The fourth-order valence-electron chi connectivity index (χ4n) is 3.52. The topological polar surface area (TPSA) is 39.9 Å². The predicted octanol–water partition coefficient (Wildman–Crippen LogP) is 7.06. The lowest BCUT2D eigenvalue weighted by Crippen LogP contribution is -2.10. The summed E-state index contributed by atoms with van der Waals surface area (Å²) in [5, 5.41) is 9.48. The first kappa shape index (κ1) is 23.1. The van der Waals surface area contributed by atoms with Crippen LogP contribution in [0.15, 0.2) is 78.0 Å². The van der Waals surface area contributed by atoms with Crippen LogP contribution < -0.4 is 4.74 Å². The Kier molecular flexibility index (Phi) is 6.84. The monoisotopic (exact) mass is 461 g/mol. The van der Waals surface area contributed by atoms with Gasteiger partial charge in [-0.05, 0) is 59.9 Å². The van der Waals surface area contributed by atoms with Crippen molar-refractivity contribution in [2.75, 3.05) is 6.61 Å². The van der Waals surface area contributed by atoms with Crippen molar-refractivity contribution in [3.63, 3.8) is 0 Å². The third-order valence-corrected chi connectivity index (χ3v) is 6.34. The molecule has 0 aliphatic heterocycles. The van der Waals surface area contributed by atoms with E-state index in [1.165, 1.54) is 17.2 Å². The van der Waals surface area contributed by atoms with Gasteiger partial charge < -0.3 is 4.74 Å². The zero-order chi connectivity index (χ0) is 23.4. The van der Waals surface area contributed by atoms with Gasteiger partial charge in [-0.15, -0.1) is 10.2 Å². The van der Waals surface area contributed by atoms with Crippen LogP contribution in [0.3, 0.4) is 0 Å². The Morgan fingerprint density at radius 3 is 2.24 bits per heavy atom. The van der Waals surface area contributed by atoms with Gasteiger partial charge in [-0.1, -0.05) is 68.9 Å². The van der Waals surface area contributed by atoms with Crippen LogP contribution in [0.1, 0.15) is 38.8 Å². The maximum absolute atomic E-state index is 14.8. The molecule has 1 heterocycles. The minimum Gasteiger partial charge on any atom is -0.494 e.